The molecule has 2 amide bonds. The van der Waals surface area contributed by atoms with Gasteiger partial charge in [0.05, 0.1) is 11.4 Å². The first kappa shape index (κ1) is 19.8. The van der Waals surface area contributed by atoms with Crippen LogP contribution in [0, 0.1) is 0 Å². The van der Waals surface area contributed by atoms with Gasteiger partial charge in [0.15, 0.2) is 0 Å². The summed E-state index contributed by atoms with van der Waals surface area (Å²) in [5.74, 6) is 0.471. The van der Waals surface area contributed by atoms with Gasteiger partial charge in [0.1, 0.15) is 4.83 Å². The van der Waals surface area contributed by atoms with E-state index in [-0.39, 0.29) is 17.7 Å². The van der Waals surface area contributed by atoms with Crippen LogP contribution in [0.25, 0.3) is 10.2 Å². The smallest absolute Gasteiger partial charge is 0.263 e. The van der Waals surface area contributed by atoms with Crippen molar-refractivity contribution in [2.75, 3.05) is 46.8 Å². The second-order valence-corrected chi connectivity index (χ2v) is 8.19. The summed E-state index contributed by atoms with van der Waals surface area (Å²) < 4.78 is 0. The number of fused-ring (bicyclic) bond motifs is 1. The number of carbonyl (C=O) groups is 2. The zero-order valence-electron chi connectivity index (χ0n) is 16.6. The van der Waals surface area contributed by atoms with Gasteiger partial charge in [0.2, 0.25) is 5.91 Å². The maximum atomic E-state index is 12.8. The first-order valence-corrected chi connectivity index (χ1v) is 10.4. The Kier molecular flexibility index (Phi) is 6.11. The number of likely N-dealkylation sites (N-methyl/N-ethyl adjacent to an activating group) is 1. The summed E-state index contributed by atoms with van der Waals surface area (Å²) in [5.41, 5.74) is 1.11. The molecule has 1 saturated heterocycles. The third-order valence-electron chi connectivity index (χ3n) is 5.26. The minimum absolute atomic E-state index is 0.0330. The van der Waals surface area contributed by atoms with Crippen LogP contribution in [0.1, 0.15) is 41.4 Å². The molecule has 0 bridgehead atoms. The number of aromatic nitrogens is 1. The zero-order chi connectivity index (χ0) is 19.6. The van der Waals surface area contributed by atoms with Crippen molar-refractivity contribution in [1.82, 2.24) is 19.7 Å². The Morgan fingerprint density at radius 1 is 1.30 bits per heavy atom. The van der Waals surface area contributed by atoms with Crippen molar-refractivity contribution in [3.05, 3.63) is 28.8 Å². The molecule has 1 aliphatic rings. The molecule has 3 rings (SSSR count). The van der Waals surface area contributed by atoms with Crippen LogP contribution in [-0.4, -0.2) is 78.3 Å². The highest BCUT2D eigenvalue weighted by molar-refractivity contribution is 7.20. The van der Waals surface area contributed by atoms with E-state index in [0.29, 0.717) is 6.54 Å². The third kappa shape index (κ3) is 3.99. The highest BCUT2D eigenvalue weighted by Gasteiger charge is 2.32. The van der Waals surface area contributed by atoms with Crippen LogP contribution >= 0.6 is 11.3 Å². The van der Waals surface area contributed by atoms with Crippen LogP contribution in [0.3, 0.4) is 0 Å². The van der Waals surface area contributed by atoms with E-state index in [0.717, 1.165) is 53.3 Å². The van der Waals surface area contributed by atoms with Crippen molar-refractivity contribution in [2.24, 2.45) is 0 Å². The lowest BCUT2D eigenvalue weighted by atomic mass is 9.95. The van der Waals surface area contributed by atoms with Crippen LogP contribution in [0.5, 0.6) is 0 Å². The van der Waals surface area contributed by atoms with Crippen LogP contribution in [0.4, 0.5) is 0 Å². The lowest BCUT2D eigenvalue weighted by molar-refractivity contribution is -0.131. The molecular weight excluding hydrogens is 360 g/mol. The molecule has 1 atom stereocenters. The lowest BCUT2D eigenvalue weighted by Gasteiger charge is -2.23. The van der Waals surface area contributed by atoms with Crippen molar-refractivity contribution in [1.29, 1.82) is 0 Å². The number of rotatable bonds is 6. The van der Waals surface area contributed by atoms with E-state index >= 15 is 0 Å². The van der Waals surface area contributed by atoms with Gasteiger partial charge in [-0.1, -0.05) is 6.07 Å². The summed E-state index contributed by atoms with van der Waals surface area (Å²) in [6, 6.07) is 3.99. The van der Waals surface area contributed by atoms with Crippen LogP contribution < -0.4 is 0 Å². The predicted molar refractivity (Wildman–Crippen MR) is 109 cm³/mol. The van der Waals surface area contributed by atoms with E-state index in [2.05, 4.69) is 16.0 Å². The number of hydrogen-bond acceptors (Lipinski definition) is 5. The number of amides is 2. The molecular formula is C20H28N4O2S. The molecule has 3 heterocycles. The van der Waals surface area contributed by atoms with Gasteiger partial charge in [-0.2, -0.15) is 0 Å². The minimum Gasteiger partial charge on any atom is -0.344 e. The van der Waals surface area contributed by atoms with Crippen molar-refractivity contribution < 1.29 is 9.59 Å². The number of nitrogens with zero attached hydrogens (tertiary/aromatic N) is 4. The highest BCUT2D eigenvalue weighted by atomic mass is 32.1. The summed E-state index contributed by atoms with van der Waals surface area (Å²) in [4.78, 5) is 37.1. The third-order valence-corrected chi connectivity index (χ3v) is 6.38. The number of likely N-dealkylation sites (tertiary alicyclic amines) is 1. The molecule has 0 unspecified atom stereocenters. The lowest BCUT2D eigenvalue weighted by Crippen LogP contribution is -2.39. The highest BCUT2D eigenvalue weighted by Crippen LogP contribution is 2.39. The molecule has 0 aromatic carbocycles. The maximum absolute atomic E-state index is 12.8. The fraction of sp³-hybridized carbons (Fsp3) is 0.550. The monoisotopic (exact) mass is 388 g/mol. The van der Waals surface area contributed by atoms with Crippen molar-refractivity contribution in [3.63, 3.8) is 0 Å². The van der Waals surface area contributed by atoms with Gasteiger partial charge in [-0.15, -0.1) is 11.3 Å². The summed E-state index contributed by atoms with van der Waals surface area (Å²) in [6.45, 7) is 7.65. The molecule has 0 aliphatic carbocycles. The first-order valence-electron chi connectivity index (χ1n) is 9.55. The van der Waals surface area contributed by atoms with Crippen LogP contribution in [0.15, 0.2) is 18.3 Å². The minimum atomic E-state index is 0.0330. The van der Waals surface area contributed by atoms with Gasteiger partial charge in [0.25, 0.3) is 5.91 Å². The molecule has 0 saturated carbocycles. The molecule has 0 radical (unpaired) electrons. The number of hydrogen-bond donors (Lipinski definition) is 0. The van der Waals surface area contributed by atoms with E-state index in [1.807, 2.05) is 24.8 Å². The van der Waals surface area contributed by atoms with Gasteiger partial charge in [-0.05, 0) is 38.4 Å². The van der Waals surface area contributed by atoms with E-state index in [1.165, 1.54) is 11.3 Å². The molecule has 27 heavy (non-hydrogen) atoms. The Hall–Kier alpha value is -1.99. The van der Waals surface area contributed by atoms with E-state index in [1.54, 1.807) is 25.2 Å². The molecule has 0 N–H and O–H groups in total. The zero-order valence-corrected chi connectivity index (χ0v) is 17.4. The topological polar surface area (TPSA) is 56.8 Å². The van der Waals surface area contributed by atoms with Gasteiger partial charge >= 0.3 is 0 Å². The second-order valence-electron chi connectivity index (χ2n) is 7.19. The quantitative estimate of drug-likeness (QED) is 0.763. The van der Waals surface area contributed by atoms with Gasteiger partial charge in [-0.25, -0.2) is 4.98 Å². The van der Waals surface area contributed by atoms with Gasteiger partial charge < -0.3 is 9.80 Å². The van der Waals surface area contributed by atoms with Crippen molar-refractivity contribution in [3.8, 4) is 0 Å². The molecule has 1 aliphatic heterocycles. The Labute approximate surface area is 164 Å². The molecule has 1 fully saturated rings. The molecule has 0 spiro atoms. The Morgan fingerprint density at radius 2 is 2.04 bits per heavy atom. The fourth-order valence-electron chi connectivity index (χ4n) is 3.80. The van der Waals surface area contributed by atoms with E-state index < -0.39 is 0 Å². The summed E-state index contributed by atoms with van der Waals surface area (Å²) in [7, 11) is 3.57. The predicted octanol–water partition coefficient (Wildman–Crippen LogP) is 2.66. The standard InChI is InChI=1S/C20H28N4O2S/c1-5-24(6-2)16(25)13-23-11-9-14(12-23)17-15-8-7-10-21-19(15)27-18(17)20(26)22(3)4/h7-8,10,14H,5-6,9,11-13H2,1-4H3/t14-/m0/s1. The summed E-state index contributed by atoms with van der Waals surface area (Å²) in [6.07, 6.45) is 2.73. The fourth-order valence-corrected chi connectivity index (χ4v) is 5.05. The van der Waals surface area contributed by atoms with Crippen LogP contribution in [0.2, 0.25) is 0 Å². The Balaban J connectivity index is 1.85. The van der Waals surface area contributed by atoms with E-state index in [4.69, 9.17) is 0 Å². The molecule has 146 valence electrons. The molecule has 7 heteroatoms. The summed E-state index contributed by atoms with van der Waals surface area (Å²) >= 11 is 1.48. The molecule has 2 aromatic heterocycles. The number of thiophene rings is 1. The average Bonchev–Trinajstić information content (AvgIpc) is 3.25. The average molecular weight is 389 g/mol. The van der Waals surface area contributed by atoms with Crippen LogP contribution in [-0.2, 0) is 4.79 Å². The van der Waals surface area contributed by atoms with Gasteiger partial charge in [0, 0.05) is 51.2 Å². The molecule has 6 nitrogen and oxygen atoms in total. The number of carbonyl (C=O) groups excluding carboxylic acids is 2. The van der Waals surface area contributed by atoms with Gasteiger partial charge in [-0.3, -0.25) is 14.5 Å². The normalized spacial score (nSPS) is 17.4. The Morgan fingerprint density at radius 3 is 2.70 bits per heavy atom. The number of pyridine rings is 1. The SMILES string of the molecule is CCN(CC)C(=O)CN1CC[C@H](c2c(C(=O)N(C)C)sc3ncccc23)C1. The maximum Gasteiger partial charge on any atom is 0.263 e. The second kappa shape index (κ2) is 8.35. The molecule has 2 aromatic rings. The van der Waals surface area contributed by atoms with E-state index in [9.17, 15) is 9.59 Å². The van der Waals surface area contributed by atoms with Crippen molar-refractivity contribution >= 4 is 33.4 Å². The largest absolute Gasteiger partial charge is 0.344 e. The summed E-state index contributed by atoms with van der Waals surface area (Å²) in [5, 5.41) is 1.08. The first-order chi connectivity index (χ1) is 13.0. The van der Waals surface area contributed by atoms with Crippen molar-refractivity contribution in [2.45, 2.75) is 26.2 Å². The Bertz CT molecular complexity index is 828.